The van der Waals surface area contributed by atoms with Crippen molar-refractivity contribution >= 4 is 23.4 Å². The van der Waals surface area contributed by atoms with E-state index in [0.29, 0.717) is 10.8 Å². The minimum absolute atomic E-state index is 0.119. The number of benzene rings is 2. The van der Waals surface area contributed by atoms with Crippen LogP contribution in [0.5, 0.6) is 5.75 Å². The molecule has 0 radical (unpaired) electrons. The molecule has 29 heavy (non-hydrogen) atoms. The van der Waals surface area contributed by atoms with E-state index < -0.39 is 6.04 Å². The zero-order valence-electron chi connectivity index (χ0n) is 17.7. The molecule has 1 atom stereocenters. The molecular formula is C23H29ClN2O3. The Bertz CT molecular complexity index is 861. The minimum Gasteiger partial charge on any atom is -0.483 e. The standard InChI is InChI=1S/C23H29ClN2O3/c1-16(22(28)25-5)26(14-17-10-6-8-12-19(17)24)21(27)15-29-20-13-9-7-11-18(20)23(2,3)4/h6-13,16H,14-15H2,1-5H3,(H,25,28)/t16-/m1/s1. The maximum Gasteiger partial charge on any atom is 0.261 e. The van der Waals surface area contributed by atoms with Gasteiger partial charge >= 0.3 is 0 Å². The van der Waals surface area contributed by atoms with Gasteiger partial charge in [-0.2, -0.15) is 0 Å². The number of rotatable bonds is 7. The van der Waals surface area contributed by atoms with Crippen LogP contribution in [0.2, 0.25) is 5.02 Å². The fourth-order valence-corrected chi connectivity index (χ4v) is 3.23. The van der Waals surface area contributed by atoms with E-state index in [9.17, 15) is 9.59 Å². The second-order valence-corrected chi connectivity index (χ2v) is 8.35. The number of halogens is 1. The third kappa shape index (κ3) is 5.97. The van der Waals surface area contributed by atoms with Gasteiger partial charge in [-0.3, -0.25) is 9.59 Å². The summed E-state index contributed by atoms with van der Waals surface area (Å²) in [6.07, 6.45) is 0. The van der Waals surface area contributed by atoms with Crippen molar-refractivity contribution in [3.05, 3.63) is 64.7 Å². The Kier molecular flexibility index (Phi) is 7.68. The largest absolute Gasteiger partial charge is 0.483 e. The predicted molar refractivity (Wildman–Crippen MR) is 116 cm³/mol. The summed E-state index contributed by atoms with van der Waals surface area (Å²) in [5.41, 5.74) is 1.67. The molecule has 1 N–H and O–H groups in total. The average Bonchev–Trinajstić information content (AvgIpc) is 2.69. The van der Waals surface area contributed by atoms with Crippen LogP contribution in [0, 0.1) is 0 Å². The van der Waals surface area contributed by atoms with Crippen LogP contribution in [-0.4, -0.2) is 36.4 Å². The number of likely N-dealkylation sites (N-methyl/N-ethyl adjacent to an activating group) is 1. The lowest BCUT2D eigenvalue weighted by Crippen LogP contribution is -2.48. The molecule has 0 fully saturated rings. The number of carbonyl (C=O) groups excluding carboxylic acids is 2. The van der Waals surface area contributed by atoms with Crippen LogP contribution < -0.4 is 10.1 Å². The normalized spacial score (nSPS) is 12.2. The summed E-state index contributed by atoms with van der Waals surface area (Å²) in [5, 5.41) is 3.15. The van der Waals surface area contributed by atoms with Gasteiger partial charge in [-0.25, -0.2) is 0 Å². The van der Waals surface area contributed by atoms with Crippen LogP contribution in [0.25, 0.3) is 0 Å². The minimum atomic E-state index is -0.662. The van der Waals surface area contributed by atoms with Gasteiger partial charge < -0.3 is 15.0 Å². The number of nitrogens with one attached hydrogen (secondary N) is 1. The number of amides is 2. The van der Waals surface area contributed by atoms with Gasteiger partial charge in [0.25, 0.3) is 5.91 Å². The maximum atomic E-state index is 13.0. The summed E-state index contributed by atoms with van der Waals surface area (Å²) in [6, 6.07) is 14.3. The first-order valence-corrected chi connectivity index (χ1v) is 9.99. The van der Waals surface area contributed by atoms with Gasteiger partial charge in [-0.05, 0) is 35.6 Å². The molecule has 0 heterocycles. The number of ether oxygens (including phenoxy) is 1. The summed E-state index contributed by atoms with van der Waals surface area (Å²) in [4.78, 5) is 26.7. The summed E-state index contributed by atoms with van der Waals surface area (Å²) in [7, 11) is 1.55. The third-order valence-corrected chi connectivity index (χ3v) is 5.13. The molecule has 156 valence electrons. The number of hydrogen-bond acceptors (Lipinski definition) is 3. The lowest BCUT2D eigenvalue weighted by atomic mass is 9.86. The van der Waals surface area contributed by atoms with E-state index in [1.807, 2.05) is 42.5 Å². The SMILES string of the molecule is CNC(=O)[C@@H](C)N(Cc1ccccc1Cl)C(=O)COc1ccccc1C(C)(C)C. The quantitative estimate of drug-likeness (QED) is 0.736. The van der Waals surface area contributed by atoms with Gasteiger partial charge in [0.1, 0.15) is 11.8 Å². The lowest BCUT2D eigenvalue weighted by Gasteiger charge is -2.29. The van der Waals surface area contributed by atoms with Crippen molar-refractivity contribution in [3.8, 4) is 5.75 Å². The molecule has 0 unspecified atom stereocenters. The first kappa shape index (κ1) is 22.8. The highest BCUT2D eigenvalue weighted by atomic mass is 35.5. The van der Waals surface area contributed by atoms with Crippen molar-refractivity contribution in [1.82, 2.24) is 10.2 Å². The van der Waals surface area contributed by atoms with Crippen LogP contribution in [0.15, 0.2) is 48.5 Å². The third-order valence-electron chi connectivity index (χ3n) is 4.76. The Morgan fingerprint density at radius 2 is 1.72 bits per heavy atom. The first-order chi connectivity index (χ1) is 13.6. The predicted octanol–water partition coefficient (Wildman–Crippen LogP) is 4.18. The zero-order valence-corrected chi connectivity index (χ0v) is 18.4. The fourth-order valence-electron chi connectivity index (χ4n) is 3.04. The summed E-state index contributed by atoms with van der Waals surface area (Å²) >= 11 is 6.27. The van der Waals surface area contributed by atoms with Gasteiger partial charge in [0, 0.05) is 18.6 Å². The van der Waals surface area contributed by atoms with E-state index in [1.54, 1.807) is 20.0 Å². The van der Waals surface area contributed by atoms with E-state index in [4.69, 9.17) is 16.3 Å². The number of hydrogen-bond donors (Lipinski definition) is 1. The molecule has 0 saturated heterocycles. The Morgan fingerprint density at radius 3 is 2.34 bits per heavy atom. The van der Waals surface area contributed by atoms with Crippen molar-refractivity contribution in [2.75, 3.05) is 13.7 Å². The van der Waals surface area contributed by atoms with Crippen LogP contribution in [0.3, 0.4) is 0 Å². The average molecular weight is 417 g/mol. The fraction of sp³-hybridized carbons (Fsp3) is 0.391. The molecule has 6 heteroatoms. The van der Waals surface area contributed by atoms with Crippen molar-refractivity contribution in [1.29, 1.82) is 0 Å². The molecular weight excluding hydrogens is 388 g/mol. The molecule has 2 aromatic rings. The topological polar surface area (TPSA) is 58.6 Å². The van der Waals surface area contributed by atoms with Gasteiger partial charge in [0.15, 0.2) is 6.61 Å². The first-order valence-electron chi connectivity index (χ1n) is 9.62. The van der Waals surface area contributed by atoms with Crippen LogP contribution in [0.1, 0.15) is 38.8 Å². The summed E-state index contributed by atoms with van der Waals surface area (Å²) in [6.45, 7) is 8.02. The molecule has 0 aliphatic heterocycles. The second kappa shape index (κ2) is 9.79. The molecule has 5 nitrogen and oxygen atoms in total. The Labute approximate surface area is 178 Å². The van der Waals surface area contributed by atoms with E-state index >= 15 is 0 Å². The van der Waals surface area contributed by atoms with Gasteiger partial charge in [-0.15, -0.1) is 0 Å². The highest BCUT2D eigenvalue weighted by Crippen LogP contribution is 2.31. The van der Waals surface area contributed by atoms with Crippen molar-refractivity contribution in [2.24, 2.45) is 0 Å². The molecule has 0 saturated carbocycles. The Hall–Kier alpha value is -2.53. The van der Waals surface area contributed by atoms with E-state index in [0.717, 1.165) is 11.1 Å². The molecule has 0 spiro atoms. The second-order valence-electron chi connectivity index (χ2n) is 7.94. The highest BCUT2D eigenvalue weighted by Gasteiger charge is 2.27. The Morgan fingerprint density at radius 1 is 1.10 bits per heavy atom. The highest BCUT2D eigenvalue weighted by molar-refractivity contribution is 6.31. The van der Waals surface area contributed by atoms with Crippen molar-refractivity contribution < 1.29 is 14.3 Å². The molecule has 0 bridgehead atoms. The summed E-state index contributed by atoms with van der Waals surface area (Å²) < 4.78 is 5.88. The Balaban J connectivity index is 2.22. The van der Waals surface area contributed by atoms with Crippen LogP contribution in [0.4, 0.5) is 0 Å². The van der Waals surface area contributed by atoms with Crippen molar-refractivity contribution in [2.45, 2.75) is 45.7 Å². The number of carbonyl (C=O) groups is 2. The number of nitrogens with zero attached hydrogens (tertiary/aromatic N) is 1. The van der Waals surface area contributed by atoms with Gasteiger partial charge in [0.05, 0.1) is 0 Å². The van der Waals surface area contributed by atoms with E-state index in [2.05, 4.69) is 26.1 Å². The molecule has 0 aliphatic carbocycles. The van der Waals surface area contributed by atoms with Gasteiger partial charge in [-0.1, -0.05) is 68.8 Å². The van der Waals surface area contributed by atoms with Crippen LogP contribution >= 0.6 is 11.6 Å². The van der Waals surface area contributed by atoms with Crippen LogP contribution in [-0.2, 0) is 21.5 Å². The van der Waals surface area contributed by atoms with Crippen molar-refractivity contribution in [3.63, 3.8) is 0 Å². The molecule has 2 amide bonds. The molecule has 0 aromatic heterocycles. The lowest BCUT2D eigenvalue weighted by molar-refractivity contribution is -0.142. The molecule has 0 aliphatic rings. The molecule has 2 rings (SSSR count). The molecule has 2 aromatic carbocycles. The van der Waals surface area contributed by atoms with Gasteiger partial charge in [0.2, 0.25) is 5.91 Å². The van der Waals surface area contributed by atoms with E-state index in [-0.39, 0.29) is 30.4 Å². The zero-order chi connectivity index (χ0) is 21.6. The smallest absolute Gasteiger partial charge is 0.261 e. The monoisotopic (exact) mass is 416 g/mol. The summed E-state index contributed by atoms with van der Waals surface area (Å²) in [5.74, 6) is 0.129. The number of para-hydroxylation sites is 1. The maximum absolute atomic E-state index is 13.0. The van der Waals surface area contributed by atoms with E-state index in [1.165, 1.54) is 4.90 Å².